The zero-order valence-corrected chi connectivity index (χ0v) is 12.9. The van der Waals surface area contributed by atoms with Crippen molar-refractivity contribution in [2.75, 3.05) is 32.2 Å². The normalized spacial score (nSPS) is 10.3. The summed E-state index contributed by atoms with van der Waals surface area (Å²) in [4.78, 5) is 5.87. The van der Waals surface area contributed by atoms with Crippen LogP contribution in [0.15, 0.2) is 24.5 Å². The Labute approximate surface area is 126 Å². The number of pyridine rings is 1. The number of hydrogen-bond acceptors (Lipinski definition) is 6. The summed E-state index contributed by atoms with van der Waals surface area (Å²) in [5.74, 6) is 0. The van der Waals surface area contributed by atoms with Crippen molar-refractivity contribution in [3.05, 3.63) is 24.5 Å². The summed E-state index contributed by atoms with van der Waals surface area (Å²) < 4.78 is 4.97. The Hall–Kier alpha value is -1.64. The van der Waals surface area contributed by atoms with Gasteiger partial charge in [0.05, 0.1) is 6.61 Å². The summed E-state index contributed by atoms with van der Waals surface area (Å²) in [6.45, 7) is 1.26. The molecule has 0 spiro atoms. The molecule has 0 radical (unpaired) electrons. The van der Waals surface area contributed by atoms with Crippen LogP contribution in [-0.4, -0.2) is 47.6 Å². The van der Waals surface area contributed by atoms with Crippen LogP contribution < -0.4 is 10.2 Å². The Morgan fingerprint density at radius 3 is 3.05 bits per heavy atom. The van der Waals surface area contributed by atoms with Gasteiger partial charge >= 0.3 is 0 Å². The summed E-state index contributed by atoms with van der Waals surface area (Å²) in [5, 5.41) is 13.5. The Kier molecular flexibility index (Phi) is 5.33. The van der Waals surface area contributed by atoms with Gasteiger partial charge in [0.2, 0.25) is 5.13 Å². The van der Waals surface area contributed by atoms with Crippen molar-refractivity contribution in [2.45, 2.75) is 0 Å². The van der Waals surface area contributed by atoms with E-state index in [-0.39, 0.29) is 0 Å². The number of nitrogens with one attached hydrogen (secondary N) is 1. The van der Waals surface area contributed by atoms with Gasteiger partial charge in [0.15, 0.2) is 10.1 Å². The van der Waals surface area contributed by atoms with Crippen LogP contribution >= 0.6 is 23.6 Å². The fourth-order valence-corrected chi connectivity index (χ4v) is 2.47. The molecule has 0 saturated carbocycles. The Balaban J connectivity index is 2.03. The molecule has 0 bridgehead atoms. The summed E-state index contributed by atoms with van der Waals surface area (Å²) in [6.07, 6.45) is 3.49. The highest BCUT2D eigenvalue weighted by molar-refractivity contribution is 7.80. The molecule has 2 rings (SSSR count). The quantitative estimate of drug-likeness (QED) is 0.664. The fourth-order valence-electron chi connectivity index (χ4n) is 1.42. The minimum atomic E-state index is 0.593. The van der Waals surface area contributed by atoms with Gasteiger partial charge in [0.1, 0.15) is 0 Å². The highest BCUT2D eigenvalue weighted by Crippen LogP contribution is 2.27. The predicted octanol–water partition coefficient (Wildman–Crippen LogP) is 1.56. The van der Waals surface area contributed by atoms with E-state index >= 15 is 0 Å². The second-order valence-electron chi connectivity index (χ2n) is 3.92. The molecule has 0 unspecified atom stereocenters. The molecule has 0 aliphatic rings. The average Bonchev–Trinajstić information content (AvgIpc) is 2.97. The lowest BCUT2D eigenvalue weighted by molar-refractivity contribution is 0.204. The van der Waals surface area contributed by atoms with Gasteiger partial charge in [-0.05, 0) is 24.4 Å². The molecule has 2 aromatic heterocycles. The van der Waals surface area contributed by atoms with Crippen LogP contribution in [0.3, 0.4) is 0 Å². The number of aromatic nitrogens is 3. The van der Waals surface area contributed by atoms with Gasteiger partial charge in [-0.1, -0.05) is 11.3 Å². The molecule has 2 heterocycles. The monoisotopic (exact) mass is 309 g/mol. The molecule has 0 fully saturated rings. The average molecular weight is 309 g/mol. The molecule has 8 heteroatoms. The second-order valence-corrected chi connectivity index (χ2v) is 5.26. The number of hydrogen-bond donors (Lipinski definition) is 1. The molecule has 0 aliphatic carbocycles. The molecule has 0 amide bonds. The molecule has 0 atom stereocenters. The van der Waals surface area contributed by atoms with Crippen LogP contribution in [0.25, 0.3) is 10.6 Å². The zero-order valence-electron chi connectivity index (χ0n) is 11.2. The van der Waals surface area contributed by atoms with Crippen LogP contribution in [-0.2, 0) is 4.74 Å². The van der Waals surface area contributed by atoms with Crippen LogP contribution in [0.5, 0.6) is 0 Å². The van der Waals surface area contributed by atoms with Gasteiger partial charge in [-0.3, -0.25) is 9.88 Å². The maximum absolute atomic E-state index is 5.28. The smallest absolute Gasteiger partial charge is 0.214 e. The van der Waals surface area contributed by atoms with E-state index in [4.69, 9.17) is 17.0 Å². The number of anilines is 1. The first-order valence-electron chi connectivity index (χ1n) is 5.96. The van der Waals surface area contributed by atoms with E-state index < -0.39 is 0 Å². The number of rotatable bonds is 5. The minimum Gasteiger partial charge on any atom is -0.383 e. The van der Waals surface area contributed by atoms with Crippen molar-refractivity contribution >= 4 is 33.8 Å². The molecule has 106 valence electrons. The first-order chi connectivity index (χ1) is 9.72. The van der Waals surface area contributed by atoms with Gasteiger partial charge in [0.25, 0.3) is 0 Å². The van der Waals surface area contributed by atoms with Gasteiger partial charge < -0.3 is 10.1 Å². The van der Waals surface area contributed by atoms with Crippen molar-refractivity contribution in [3.63, 3.8) is 0 Å². The van der Waals surface area contributed by atoms with Crippen molar-refractivity contribution in [1.82, 2.24) is 20.5 Å². The summed E-state index contributed by atoms with van der Waals surface area (Å²) in [5.41, 5.74) is 0.947. The highest BCUT2D eigenvalue weighted by Gasteiger charge is 2.13. The number of nitrogens with zero attached hydrogens (tertiary/aromatic N) is 4. The number of ether oxygens (including phenoxy) is 1. The maximum Gasteiger partial charge on any atom is 0.214 e. The number of thiocarbonyl (C=S) groups is 1. The fraction of sp³-hybridized carbons (Fsp3) is 0.333. The van der Waals surface area contributed by atoms with E-state index in [9.17, 15) is 0 Å². The van der Waals surface area contributed by atoms with Crippen molar-refractivity contribution < 1.29 is 4.74 Å². The topological polar surface area (TPSA) is 63.2 Å². The Morgan fingerprint density at radius 1 is 1.50 bits per heavy atom. The van der Waals surface area contributed by atoms with E-state index in [0.717, 1.165) is 15.7 Å². The summed E-state index contributed by atoms with van der Waals surface area (Å²) in [7, 11) is 3.51. The first-order valence-corrected chi connectivity index (χ1v) is 7.19. The SMILES string of the molecule is COCCNC(=S)N(C)c1nnc(-c2cccnc2)s1. The van der Waals surface area contributed by atoms with Crippen LogP contribution in [0.4, 0.5) is 5.13 Å². The summed E-state index contributed by atoms with van der Waals surface area (Å²) >= 11 is 6.75. The molecular formula is C12H15N5OS2. The van der Waals surface area contributed by atoms with Crippen LogP contribution in [0.1, 0.15) is 0 Å². The lowest BCUT2D eigenvalue weighted by atomic mass is 10.3. The van der Waals surface area contributed by atoms with Gasteiger partial charge in [-0.15, -0.1) is 10.2 Å². The third-order valence-corrected chi connectivity index (χ3v) is 3.96. The van der Waals surface area contributed by atoms with Crippen molar-refractivity contribution in [1.29, 1.82) is 0 Å². The molecule has 2 aromatic rings. The molecule has 20 heavy (non-hydrogen) atoms. The van der Waals surface area contributed by atoms with E-state index in [1.54, 1.807) is 24.4 Å². The molecule has 6 nitrogen and oxygen atoms in total. The first kappa shape index (κ1) is 14.8. The predicted molar refractivity (Wildman–Crippen MR) is 84.0 cm³/mol. The lowest BCUT2D eigenvalue weighted by Gasteiger charge is -2.17. The molecule has 0 aromatic carbocycles. The second kappa shape index (κ2) is 7.22. The van der Waals surface area contributed by atoms with E-state index in [1.165, 1.54) is 11.3 Å². The molecule has 0 saturated heterocycles. The largest absolute Gasteiger partial charge is 0.383 e. The third kappa shape index (κ3) is 3.69. The summed E-state index contributed by atoms with van der Waals surface area (Å²) in [6, 6.07) is 3.82. The zero-order chi connectivity index (χ0) is 14.4. The van der Waals surface area contributed by atoms with Gasteiger partial charge in [-0.25, -0.2) is 0 Å². The Bertz CT molecular complexity index is 560. The molecular weight excluding hydrogens is 294 g/mol. The Morgan fingerprint density at radius 2 is 2.35 bits per heavy atom. The minimum absolute atomic E-state index is 0.593. The van der Waals surface area contributed by atoms with E-state index in [1.807, 2.05) is 19.2 Å². The highest BCUT2D eigenvalue weighted by atomic mass is 32.1. The standard InChI is InChI=1S/C12H15N5OS2/c1-17(11(19)14-6-7-18-2)12-16-15-10(20-12)9-4-3-5-13-8-9/h3-5,8H,6-7H2,1-2H3,(H,14,19). The van der Waals surface area contributed by atoms with Gasteiger partial charge in [0, 0.05) is 38.7 Å². The lowest BCUT2D eigenvalue weighted by Crippen LogP contribution is -2.38. The number of methoxy groups -OCH3 is 1. The molecule has 0 aliphatic heterocycles. The van der Waals surface area contributed by atoms with E-state index in [2.05, 4.69) is 20.5 Å². The van der Waals surface area contributed by atoms with Crippen molar-refractivity contribution in [2.24, 2.45) is 0 Å². The molecule has 1 N–H and O–H groups in total. The maximum atomic E-state index is 5.28. The van der Waals surface area contributed by atoms with Gasteiger partial charge in [-0.2, -0.15) is 0 Å². The van der Waals surface area contributed by atoms with Crippen LogP contribution in [0, 0.1) is 0 Å². The van der Waals surface area contributed by atoms with Crippen molar-refractivity contribution in [3.8, 4) is 10.6 Å². The van der Waals surface area contributed by atoms with Crippen LogP contribution in [0.2, 0.25) is 0 Å². The third-order valence-electron chi connectivity index (χ3n) is 2.50. The van der Waals surface area contributed by atoms with E-state index in [0.29, 0.717) is 18.3 Å².